The molecule has 0 aromatic heterocycles. The monoisotopic (exact) mass is 245 g/mol. The first kappa shape index (κ1) is 16.8. The normalized spacial score (nSPS) is 19.4. The Hall–Kier alpha value is -0.160. The number of aliphatic hydroxyl groups is 1. The molecule has 0 spiro atoms. The van der Waals surface area contributed by atoms with Crippen molar-refractivity contribution >= 4 is 0 Å². The standard InChI is InChI=1S/C13H31N3O/c1-7-16(12(3)9-15(5)6)11(2)8-13(4,17)10-14/h11-12,17H,7-10,14H2,1-6H3. The number of rotatable bonds is 8. The lowest BCUT2D eigenvalue weighted by Gasteiger charge is -2.38. The van der Waals surface area contributed by atoms with Gasteiger partial charge in [-0.25, -0.2) is 0 Å². The summed E-state index contributed by atoms with van der Waals surface area (Å²) in [5.41, 5.74) is 4.82. The summed E-state index contributed by atoms with van der Waals surface area (Å²) in [5.74, 6) is 0. The molecule has 3 N–H and O–H groups in total. The van der Waals surface area contributed by atoms with Crippen LogP contribution in [0.4, 0.5) is 0 Å². The second-order valence-corrected chi connectivity index (χ2v) is 5.70. The molecule has 0 saturated carbocycles. The van der Waals surface area contributed by atoms with Gasteiger partial charge < -0.3 is 15.7 Å². The van der Waals surface area contributed by atoms with Crippen molar-refractivity contribution in [3.8, 4) is 0 Å². The van der Waals surface area contributed by atoms with E-state index in [4.69, 9.17) is 5.73 Å². The van der Waals surface area contributed by atoms with Gasteiger partial charge in [-0.15, -0.1) is 0 Å². The Kier molecular flexibility index (Phi) is 7.24. The van der Waals surface area contributed by atoms with Crippen LogP contribution in [0.15, 0.2) is 0 Å². The van der Waals surface area contributed by atoms with E-state index in [9.17, 15) is 5.11 Å². The van der Waals surface area contributed by atoms with Gasteiger partial charge in [0, 0.05) is 25.2 Å². The summed E-state index contributed by atoms with van der Waals surface area (Å²) in [7, 11) is 4.18. The average Bonchev–Trinajstić information content (AvgIpc) is 2.16. The molecule has 0 fully saturated rings. The molecule has 0 radical (unpaired) electrons. The van der Waals surface area contributed by atoms with Crippen LogP contribution in [0, 0.1) is 0 Å². The van der Waals surface area contributed by atoms with Gasteiger partial charge in [-0.05, 0) is 47.8 Å². The third kappa shape index (κ3) is 6.36. The Labute approximate surface area is 107 Å². The van der Waals surface area contributed by atoms with Gasteiger partial charge >= 0.3 is 0 Å². The third-order valence-corrected chi connectivity index (χ3v) is 3.30. The molecule has 4 heteroatoms. The Morgan fingerprint density at radius 1 is 1.24 bits per heavy atom. The summed E-state index contributed by atoms with van der Waals surface area (Å²) >= 11 is 0. The lowest BCUT2D eigenvalue weighted by Crippen LogP contribution is -2.49. The first-order valence-corrected chi connectivity index (χ1v) is 6.56. The molecular formula is C13H31N3O. The second kappa shape index (κ2) is 7.31. The van der Waals surface area contributed by atoms with Crippen LogP contribution in [0.3, 0.4) is 0 Å². The zero-order chi connectivity index (χ0) is 13.6. The summed E-state index contributed by atoms with van der Waals surface area (Å²) in [5, 5.41) is 10.0. The van der Waals surface area contributed by atoms with Gasteiger partial charge in [0.05, 0.1) is 5.60 Å². The second-order valence-electron chi connectivity index (χ2n) is 5.70. The summed E-state index contributed by atoms with van der Waals surface area (Å²) in [4.78, 5) is 4.62. The van der Waals surface area contributed by atoms with E-state index in [0.717, 1.165) is 19.5 Å². The van der Waals surface area contributed by atoms with Crippen LogP contribution in [0.2, 0.25) is 0 Å². The fourth-order valence-corrected chi connectivity index (χ4v) is 2.53. The van der Waals surface area contributed by atoms with Gasteiger partial charge in [0.15, 0.2) is 0 Å². The summed E-state index contributed by atoms with van der Waals surface area (Å²) in [6, 6.07) is 0.826. The minimum absolute atomic E-state index is 0.316. The van der Waals surface area contributed by atoms with E-state index in [-0.39, 0.29) is 0 Å². The van der Waals surface area contributed by atoms with Gasteiger partial charge in [-0.2, -0.15) is 0 Å². The molecule has 0 aromatic carbocycles. The topological polar surface area (TPSA) is 52.7 Å². The van der Waals surface area contributed by atoms with E-state index in [2.05, 4.69) is 44.7 Å². The number of hydrogen-bond acceptors (Lipinski definition) is 4. The molecule has 0 aliphatic heterocycles. The first-order chi connectivity index (χ1) is 7.73. The highest BCUT2D eigenvalue weighted by molar-refractivity contribution is 4.83. The van der Waals surface area contributed by atoms with Crippen molar-refractivity contribution in [2.45, 2.75) is 51.8 Å². The van der Waals surface area contributed by atoms with Gasteiger partial charge in [-0.3, -0.25) is 4.90 Å². The van der Waals surface area contributed by atoms with E-state index in [1.807, 2.05) is 6.92 Å². The molecule has 0 bridgehead atoms. The highest BCUT2D eigenvalue weighted by atomic mass is 16.3. The van der Waals surface area contributed by atoms with Crippen LogP contribution in [-0.4, -0.2) is 66.3 Å². The molecule has 17 heavy (non-hydrogen) atoms. The zero-order valence-corrected chi connectivity index (χ0v) is 12.4. The van der Waals surface area contributed by atoms with Crippen LogP contribution in [0.25, 0.3) is 0 Å². The van der Waals surface area contributed by atoms with E-state index in [1.54, 1.807) is 0 Å². The fourth-order valence-electron chi connectivity index (χ4n) is 2.53. The third-order valence-electron chi connectivity index (χ3n) is 3.30. The van der Waals surface area contributed by atoms with Crippen molar-refractivity contribution in [2.75, 3.05) is 33.7 Å². The van der Waals surface area contributed by atoms with Crippen LogP contribution in [-0.2, 0) is 0 Å². The van der Waals surface area contributed by atoms with E-state index in [0.29, 0.717) is 18.6 Å². The van der Waals surface area contributed by atoms with Crippen molar-refractivity contribution in [2.24, 2.45) is 5.73 Å². The number of hydrogen-bond donors (Lipinski definition) is 2. The van der Waals surface area contributed by atoms with Crippen LogP contribution in [0.5, 0.6) is 0 Å². The van der Waals surface area contributed by atoms with Gasteiger partial charge in [0.25, 0.3) is 0 Å². The number of nitrogens with zero attached hydrogens (tertiary/aromatic N) is 2. The minimum atomic E-state index is -0.759. The Bertz CT molecular complexity index is 207. The maximum atomic E-state index is 10.0. The van der Waals surface area contributed by atoms with Crippen LogP contribution in [0.1, 0.15) is 34.1 Å². The van der Waals surface area contributed by atoms with Gasteiger partial charge in [-0.1, -0.05) is 6.92 Å². The Morgan fingerprint density at radius 2 is 1.76 bits per heavy atom. The first-order valence-electron chi connectivity index (χ1n) is 6.56. The van der Waals surface area contributed by atoms with Crippen molar-refractivity contribution in [1.82, 2.24) is 9.80 Å². The molecule has 104 valence electrons. The molecule has 0 saturated heterocycles. The highest BCUT2D eigenvalue weighted by Crippen LogP contribution is 2.17. The maximum absolute atomic E-state index is 10.0. The molecule has 3 unspecified atom stereocenters. The lowest BCUT2D eigenvalue weighted by molar-refractivity contribution is 0.0189. The summed E-state index contributed by atoms with van der Waals surface area (Å²) in [6.07, 6.45) is 0.717. The summed E-state index contributed by atoms with van der Waals surface area (Å²) in [6.45, 7) is 10.7. The quantitative estimate of drug-likeness (QED) is 0.662. The van der Waals surface area contributed by atoms with Crippen molar-refractivity contribution < 1.29 is 5.11 Å². The lowest BCUT2D eigenvalue weighted by atomic mass is 9.96. The molecule has 0 amide bonds. The molecule has 0 rings (SSSR count). The molecule has 3 atom stereocenters. The van der Waals surface area contributed by atoms with Crippen LogP contribution >= 0.6 is 0 Å². The highest BCUT2D eigenvalue weighted by Gasteiger charge is 2.26. The van der Waals surface area contributed by atoms with Crippen molar-refractivity contribution in [1.29, 1.82) is 0 Å². The van der Waals surface area contributed by atoms with E-state index in [1.165, 1.54) is 0 Å². The Balaban J connectivity index is 4.44. The van der Waals surface area contributed by atoms with Crippen molar-refractivity contribution in [3.63, 3.8) is 0 Å². The average molecular weight is 245 g/mol. The number of nitrogens with two attached hydrogens (primary N) is 1. The Morgan fingerprint density at radius 3 is 2.12 bits per heavy atom. The molecule has 0 aliphatic rings. The van der Waals surface area contributed by atoms with E-state index < -0.39 is 5.60 Å². The predicted octanol–water partition coefficient (Wildman–Crippen LogP) is 0.747. The fraction of sp³-hybridized carbons (Fsp3) is 1.00. The zero-order valence-electron chi connectivity index (χ0n) is 12.4. The molecule has 0 aromatic rings. The van der Waals surface area contributed by atoms with Gasteiger partial charge in [0.1, 0.15) is 0 Å². The van der Waals surface area contributed by atoms with Gasteiger partial charge in [0.2, 0.25) is 0 Å². The smallest absolute Gasteiger partial charge is 0.0756 e. The minimum Gasteiger partial charge on any atom is -0.389 e. The molecule has 0 aliphatic carbocycles. The SMILES string of the molecule is CCN(C(C)CN(C)C)C(C)CC(C)(O)CN. The maximum Gasteiger partial charge on any atom is 0.0756 e. The van der Waals surface area contributed by atoms with Crippen LogP contribution < -0.4 is 5.73 Å². The predicted molar refractivity (Wildman–Crippen MR) is 74.2 cm³/mol. The van der Waals surface area contributed by atoms with Crippen molar-refractivity contribution in [3.05, 3.63) is 0 Å². The largest absolute Gasteiger partial charge is 0.389 e. The number of likely N-dealkylation sites (N-methyl/N-ethyl adjacent to an activating group) is 2. The molecule has 4 nitrogen and oxygen atoms in total. The molecule has 0 heterocycles. The summed E-state index contributed by atoms with van der Waals surface area (Å²) < 4.78 is 0. The van der Waals surface area contributed by atoms with E-state index >= 15 is 0 Å². The molecular weight excluding hydrogens is 214 g/mol.